The van der Waals surface area contributed by atoms with Crippen LogP contribution >= 0.6 is 0 Å². The Balaban J connectivity index is 2.93. The van der Waals surface area contributed by atoms with Crippen LogP contribution in [-0.2, 0) is 14.3 Å². The molecule has 0 aromatic carbocycles. The van der Waals surface area contributed by atoms with Crippen molar-refractivity contribution < 1.29 is 19.1 Å². The van der Waals surface area contributed by atoms with E-state index in [0.717, 1.165) is 5.57 Å². The van der Waals surface area contributed by atoms with Crippen molar-refractivity contribution in [2.24, 2.45) is 5.73 Å². The van der Waals surface area contributed by atoms with Crippen molar-refractivity contribution in [1.29, 1.82) is 0 Å². The zero-order chi connectivity index (χ0) is 18.3. The molecule has 1 heterocycles. The van der Waals surface area contributed by atoms with Gasteiger partial charge < -0.3 is 20.1 Å². The van der Waals surface area contributed by atoms with E-state index in [9.17, 15) is 9.59 Å². The first-order valence-electron chi connectivity index (χ1n) is 7.74. The summed E-state index contributed by atoms with van der Waals surface area (Å²) in [7, 11) is 1.30. The Labute approximate surface area is 143 Å². The van der Waals surface area contributed by atoms with Crippen molar-refractivity contribution in [2.45, 2.75) is 32.8 Å². The summed E-state index contributed by atoms with van der Waals surface area (Å²) in [5.41, 5.74) is 7.02. The number of allylic oxidation sites excluding steroid dienone is 3. The molecule has 1 rings (SSSR count). The lowest BCUT2D eigenvalue weighted by molar-refractivity contribution is -0.135. The zero-order valence-corrected chi connectivity index (χ0v) is 14.8. The highest BCUT2D eigenvalue weighted by Crippen LogP contribution is 2.21. The van der Waals surface area contributed by atoms with Crippen LogP contribution in [0.4, 0.5) is 4.79 Å². The molecule has 0 aromatic heterocycles. The Hall–Kier alpha value is -2.50. The normalized spacial score (nSPS) is 16.3. The average Bonchev–Trinajstić information content (AvgIpc) is 2.53. The van der Waals surface area contributed by atoms with Crippen molar-refractivity contribution in [3.05, 3.63) is 47.7 Å². The molecular weight excluding hydrogens is 308 g/mol. The number of nitrogens with two attached hydrogens (primary N) is 1. The number of hydrogen-bond acceptors (Lipinski definition) is 5. The Bertz CT molecular complexity index is 595. The van der Waals surface area contributed by atoms with Gasteiger partial charge in [-0.15, -0.1) is 0 Å². The van der Waals surface area contributed by atoms with Gasteiger partial charge in [-0.25, -0.2) is 9.59 Å². The van der Waals surface area contributed by atoms with Gasteiger partial charge in [-0.3, -0.25) is 0 Å². The number of methoxy groups -OCH3 is 1. The van der Waals surface area contributed by atoms with Crippen molar-refractivity contribution in [1.82, 2.24) is 4.90 Å². The standard InChI is InChI=1S/C18H26N2O4/c1-6-7-8-14(16(21)23-5)15(19)13-9-11-20(12-10-13)17(22)24-18(2,3)4/h6-9H,1,10-12,19H2,2-5H3/b8-7-,15-14+. The molecule has 0 bridgehead atoms. The number of amides is 1. The van der Waals surface area contributed by atoms with E-state index in [1.54, 1.807) is 23.1 Å². The van der Waals surface area contributed by atoms with Crippen LogP contribution in [0, 0.1) is 0 Å². The summed E-state index contributed by atoms with van der Waals surface area (Å²) < 4.78 is 10.1. The highest BCUT2D eigenvalue weighted by atomic mass is 16.6. The zero-order valence-electron chi connectivity index (χ0n) is 14.8. The predicted molar refractivity (Wildman–Crippen MR) is 93.1 cm³/mol. The quantitative estimate of drug-likeness (QED) is 0.485. The first kappa shape index (κ1) is 19.5. The summed E-state index contributed by atoms with van der Waals surface area (Å²) in [6.07, 6.45) is 6.74. The third-order valence-corrected chi connectivity index (χ3v) is 3.30. The van der Waals surface area contributed by atoms with Gasteiger partial charge in [0.2, 0.25) is 0 Å². The fourth-order valence-corrected chi connectivity index (χ4v) is 2.12. The van der Waals surface area contributed by atoms with Crippen LogP contribution in [0.3, 0.4) is 0 Å². The van der Waals surface area contributed by atoms with Gasteiger partial charge in [0.15, 0.2) is 0 Å². The molecule has 0 aromatic rings. The van der Waals surface area contributed by atoms with Crippen LogP contribution in [-0.4, -0.2) is 42.8 Å². The minimum atomic E-state index is -0.534. The van der Waals surface area contributed by atoms with E-state index in [4.69, 9.17) is 15.2 Å². The number of ether oxygens (including phenoxy) is 2. The third-order valence-electron chi connectivity index (χ3n) is 3.30. The minimum Gasteiger partial charge on any atom is -0.465 e. The first-order chi connectivity index (χ1) is 11.2. The third kappa shape index (κ3) is 5.61. The number of rotatable bonds is 4. The van der Waals surface area contributed by atoms with Crippen LogP contribution in [0.1, 0.15) is 27.2 Å². The maximum Gasteiger partial charge on any atom is 0.410 e. The Kier molecular flexibility index (Phi) is 6.82. The molecule has 1 aliphatic heterocycles. The number of nitrogens with zero attached hydrogens (tertiary/aromatic N) is 1. The smallest absolute Gasteiger partial charge is 0.410 e. The van der Waals surface area contributed by atoms with Gasteiger partial charge >= 0.3 is 12.1 Å². The number of carbonyl (C=O) groups excluding carboxylic acids is 2. The van der Waals surface area contributed by atoms with Crippen molar-refractivity contribution in [2.75, 3.05) is 20.2 Å². The molecule has 24 heavy (non-hydrogen) atoms. The second-order valence-electron chi connectivity index (χ2n) is 6.32. The summed E-state index contributed by atoms with van der Waals surface area (Å²) >= 11 is 0. The van der Waals surface area contributed by atoms with E-state index in [-0.39, 0.29) is 11.7 Å². The van der Waals surface area contributed by atoms with Gasteiger partial charge in [0.05, 0.1) is 12.7 Å². The van der Waals surface area contributed by atoms with Gasteiger partial charge in [0, 0.05) is 18.8 Å². The molecule has 0 radical (unpaired) electrons. The first-order valence-corrected chi connectivity index (χ1v) is 7.74. The molecule has 1 amide bonds. The monoisotopic (exact) mass is 334 g/mol. The summed E-state index contributed by atoms with van der Waals surface area (Å²) in [4.78, 5) is 25.5. The van der Waals surface area contributed by atoms with Crippen molar-refractivity contribution in [3.63, 3.8) is 0 Å². The van der Waals surface area contributed by atoms with Crippen LogP contribution < -0.4 is 5.73 Å². The molecule has 6 nitrogen and oxygen atoms in total. The van der Waals surface area contributed by atoms with E-state index < -0.39 is 11.6 Å². The largest absolute Gasteiger partial charge is 0.465 e. The average molecular weight is 334 g/mol. The Morgan fingerprint density at radius 3 is 2.50 bits per heavy atom. The molecule has 6 heteroatoms. The summed E-state index contributed by atoms with van der Waals surface area (Å²) in [5.74, 6) is -0.513. The Morgan fingerprint density at radius 1 is 1.38 bits per heavy atom. The lowest BCUT2D eigenvalue weighted by atomic mass is 10.0. The lowest BCUT2D eigenvalue weighted by Crippen LogP contribution is -2.39. The second kappa shape index (κ2) is 8.38. The van der Waals surface area contributed by atoms with E-state index in [1.807, 2.05) is 26.8 Å². The van der Waals surface area contributed by atoms with Crippen LogP contribution in [0.25, 0.3) is 0 Å². The van der Waals surface area contributed by atoms with Crippen molar-refractivity contribution in [3.8, 4) is 0 Å². The van der Waals surface area contributed by atoms with E-state index in [1.165, 1.54) is 7.11 Å². The predicted octanol–water partition coefficient (Wildman–Crippen LogP) is 2.68. The molecule has 0 atom stereocenters. The van der Waals surface area contributed by atoms with Crippen molar-refractivity contribution >= 4 is 12.1 Å². The maximum atomic E-state index is 12.1. The van der Waals surface area contributed by atoms with E-state index >= 15 is 0 Å². The molecule has 0 fully saturated rings. The number of esters is 1. The molecule has 132 valence electrons. The van der Waals surface area contributed by atoms with Gasteiger partial charge in [0.1, 0.15) is 5.60 Å². The molecule has 0 saturated carbocycles. The van der Waals surface area contributed by atoms with Crippen LogP contribution in [0.5, 0.6) is 0 Å². The Morgan fingerprint density at radius 2 is 2.04 bits per heavy atom. The number of hydrogen-bond donors (Lipinski definition) is 1. The topological polar surface area (TPSA) is 81.9 Å². The highest BCUT2D eigenvalue weighted by molar-refractivity contribution is 5.93. The van der Waals surface area contributed by atoms with Gasteiger partial charge in [0.25, 0.3) is 0 Å². The molecule has 0 unspecified atom stereocenters. The van der Waals surface area contributed by atoms with Crippen LogP contribution in [0.2, 0.25) is 0 Å². The van der Waals surface area contributed by atoms with Crippen LogP contribution in [0.15, 0.2) is 47.7 Å². The summed E-state index contributed by atoms with van der Waals surface area (Å²) in [5, 5.41) is 0. The van der Waals surface area contributed by atoms with E-state index in [2.05, 4.69) is 6.58 Å². The summed E-state index contributed by atoms with van der Waals surface area (Å²) in [6, 6.07) is 0. The molecule has 0 aliphatic carbocycles. The highest BCUT2D eigenvalue weighted by Gasteiger charge is 2.25. The SMILES string of the molecule is C=C/C=C\C(C(=O)OC)=C(/N)C1=CCN(C(=O)OC(C)(C)C)CC1. The maximum absolute atomic E-state index is 12.1. The fourth-order valence-electron chi connectivity index (χ4n) is 2.12. The number of carbonyl (C=O) groups is 2. The fraction of sp³-hybridized carbons (Fsp3) is 0.444. The molecular formula is C18H26N2O4. The second-order valence-corrected chi connectivity index (χ2v) is 6.32. The van der Waals surface area contributed by atoms with Gasteiger partial charge in [-0.2, -0.15) is 0 Å². The van der Waals surface area contributed by atoms with Gasteiger partial charge in [-0.1, -0.05) is 24.8 Å². The van der Waals surface area contributed by atoms with Gasteiger partial charge in [-0.05, 0) is 38.8 Å². The molecule has 1 aliphatic rings. The molecule has 2 N–H and O–H groups in total. The van der Waals surface area contributed by atoms with E-state index in [0.29, 0.717) is 25.2 Å². The molecule has 0 saturated heterocycles. The lowest BCUT2D eigenvalue weighted by Gasteiger charge is -2.29. The minimum absolute atomic E-state index is 0.273. The molecule has 0 spiro atoms. The summed E-state index contributed by atoms with van der Waals surface area (Å²) in [6.45, 7) is 9.90.